The zero-order valence-corrected chi connectivity index (χ0v) is 38.7. The van der Waals surface area contributed by atoms with Crippen LogP contribution in [0.3, 0.4) is 0 Å². The Kier molecular flexibility index (Phi) is 12.3. The van der Waals surface area contributed by atoms with Crippen molar-refractivity contribution in [3.05, 3.63) is 88.9 Å². The van der Waals surface area contributed by atoms with Crippen molar-refractivity contribution < 1.29 is 39.5 Å². The molecule has 1 aliphatic heterocycles. The third-order valence-corrected chi connectivity index (χ3v) is 15.5. The van der Waals surface area contributed by atoms with Crippen molar-refractivity contribution in [3.8, 4) is 11.1 Å². The number of aromatic carboxylic acids is 1. The number of aliphatic hydroxyl groups is 3. The number of amides is 2. The standard InChI is InChI=1S/C49H60N8O8S/c1-31-35(19-51-57(31)27-47-22-45(2)21-46(3,23-47)25-49(24-45,26-47)65-18-16-50-15-13-40(61)55-48(28-58,29-59)30-60)33-11-12-39(53-41(33)43(63)64)56-17-14-32-7-6-8-34(36(32)20-56)42(62)54-44-52-37-9-4-5-10-38(37)66-44/h4-12,19,50,58-60H,13-18,20-30H2,1-3H3,(H,55,61)(H,63,64)(H,52,54,62). The van der Waals surface area contributed by atoms with E-state index in [0.717, 1.165) is 71.1 Å². The van der Waals surface area contributed by atoms with Gasteiger partial charge in [-0.1, -0.05) is 49.4 Å². The number of fused-ring (bicyclic) bond motifs is 2. The summed E-state index contributed by atoms with van der Waals surface area (Å²) in [5, 5.41) is 53.4. The molecule has 0 radical (unpaired) electrons. The molecule has 7 N–H and O–H groups in total. The van der Waals surface area contributed by atoms with E-state index in [1.54, 1.807) is 6.20 Å². The van der Waals surface area contributed by atoms with Gasteiger partial charge in [-0.3, -0.25) is 19.6 Å². The molecule has 66 heavy (non-hydrogen) atoms. The van der Waals surface area contributed by atoms with Gasteiger partial charge >= 0.3 is 5.97 Å². The molecule has 2 unspecified atom stereocenters. The Morgan fingerprint density at radius 2 is 1.64 bits per heavy atom. The summed E-state index contributed by atoms with van der Waals surface area (Å²) in [4.78, 5) is 50.5. The van der Waals surface area contributed by atoms with Gasteiger partial charge in [-0.05, 0) is 110 Å². The van der Waals surface area contributed by atoms with Crippen LogP contribution < -0.4 is 20.9 Å². The van der Waals surface area contributed by atoms with E-state index < -0.39 is 31.3 Å². The average molecular weight is 921 g/mol. The summed E-state index contributed by atoms with van der Waals surface area (Å²) >= 11 is 1.43. The summed E-state index contributed by atoms with van der Waals surface area (Å²) in [6.07, 6.45) is 8.68. The summed E-state index contributed by atoms with van der Waals surface area (Å²) in [7, 11) is 0. The number of ether oxygens (including phenoxy) is 1. The van der Waals surface area contributed by atoms with Gasteiger partial charge in [-0.15, -0.1) is 0 Å². The fourth-order valence-corrected chi connectivity index (χ4v) is 13.6. The Balaban J connectivity index is 0.875. The maximum Gasteiger partial charge on any atom is 0.355 e. The number of nitrogens with one attached hydrogen (secondary N) is 3. The molecule has 350 valence electrons. The maximum absolute atomic E-state index is 13.7. The van der Waals surface area contributed by atoms with Gasteiger partial charge in [0.15, 0.2) is 10.8 Å². The minimum absolute atomic E-state index is 0.0483. The molecule has 4 heterocycles. The van der Waals surface area contributed by atoms with Gasteiger partial charge in [0.1, 0.15) is 11.4 Å². The van der Waals surface area contributed by atoms with E-state index in [-0.39, 0.29) is 45.8 Å². The second kappa shape index (κ2) is 17.7. The van der Waals surface area contributed by atoms with Crippen LogP contribution in [0.2, 0.25) is 0 Å². The predicted octanol–water partition coefficient (Wildman–Crippen LogP) is 5.32. The number of hydrogen-bond donors (Lipinski definition) is 7. The van der Waals surface area contributed by atoms with Crippen molar-refractivity contribution in [2.75, 3.05) is 56.3 Å². The number of pyridine rings is 1. The van der Waals surface area contributed by atoms with E-state index in [2.05, 4.69) is 39.5 Å². The van der Waals surface area contributed by atoms with E-state index in [1.807, 2.05) is 66.4 Å². The first-order valence-electron chi connectivity index (χ1n) is 22.9. The van der Waals surface area contributed by atoms with Crippen LogP contribution in [0.15, 0.2) is 60.8 Å². The highest BCUT2D eigenvalue weighted by molar-refractivity contribution is 7.22. The van der Waals surface area contributed by atoms with Crippen molar-refractivity contribution in [2.45, 2.75) is 96.4 Å². The molecule has 3 aromatic heterocycles. The van der Waals surface area contributed by atoms with Gasteiger partial charge in [-0.2, -0.15) is 5.10 Å². The lowest BCUT2D eigenvalue weighted by molar-refractivity contribution is -0.247. The molecule has 0 spiro atoms. The molecule has 0 saturated heterocycles. The number of hydrogen-bond acceptors (Lipinski definition) is 13. The van der Waals surface area contributed by atoms with Crippen LogP contribution in [0.25, 0.3) is 21.3 Å². The Labute approximate surface area is 387 Å². The fourth-order valence-electron chi connectivity index (χ4n) is 12.7. The number of para-hydroxylation sites is 1. The summed E-state index contributed by atoms with van der Waals surface area (Å²) in [6.45, 7) is 8.20. The Hall–Kier alpha value is -5.30. The number of nitrogens with zero attached hydrogens (tertiary/aromatic N) is 5. The van der Waals surface area contributed by atoms with Crippen molar-refractivity contribution in [1.29, 1.82) is 0 Å². The predicted molar refractivity (Wildman–Crippen MR) is 251 cm³/mol. The maximum atomic E-state index is 13.7. The molecule has 2 atom stereocenters. The Bertz CT molecular complexity index is 2600. The molecule has 4 saturated carbocycles. The lowest BCUT2D eigenvalue weighted by atomic mass is 9.39. The fraction of sp³-hybridized carbons (Fsp3) is 0.510. The smallest absolute Gasteiger partial charge is 0.355 e. The quantitative estimate of drug-likeness (QED) is 0.0554. The molecule has 17 heteroatoms. The largest absolute Gasteiger partial charge is 0.476 e. The molecule has 2 aromatic carbocycles. The van der Waals surface area contributed by atoms with Gasteiger partial charge in [0.25, 0.3) is 5.91 Å². The number of carbonyl (C=O) groups excluding carboxylic acids is 2. The van der Waals surface area contributed by atoms with Crippen LogP contribution in [0.4, 0.5) is 10.9 Å². The van der Waals surface area contributed by atoms with Crippen LogP contribution in [0.5, 0.6) is 0 Å². The van der Waals surface area contributed by atoms with Crippen LogP contribution >= 0.6 is 11.3 Å². The lowest BCUT2D eigenvalue weighted by Gasteiger charge is -2.69. The van der Waals surface area contributed by atoms with Gasteiger partial charge < -0.3 is 40.7 Å². The van der Waals surface area contributed by atoms with Crippen molar-refractivity contribution in [2.24, 2.45) is 16.2 Å². The molecule has 5 aliphatic rings. The molecular weight excluding hydrogens is 861 g/mol. The van der Waals surface area contributed by atoms with E-state index in [1.165, 1.54) is 11.3 Å². The summed E-state index contributed by atoms with van der Waals surface area (Å²) in [6, 6.07) is 17.2. The highest BCUT2D eigenvalue weighted by Gasteiger charge is 2.66. The number of benzene rings is 2. The van der Waals surface area contributed by atoms with Gasteiger partial charge in [0.2, 0.25) is 5.91 Å². The van der Waals surface area contributed by atoms with Crippen LogP contribution in [-0.2, 0) is 29.0 Å². The summed E-state index contributed by atoms with van der Waals surface area (Å²) < 4.78 is 9.91. The number of aromatic nitrogens is 4. The number of carboxylic acid groups (broad SMARTS) is 1. The highest BCUT2D eigenvalue weighted by atomic mass is 32.1. The third kappa shape index (κ3) is 8.96. The molecule has 4 bridgehead atoms. The first kappa shape index (κ1) is 45.8. The Morgan fingerprint density at radius 1 is 0.879 bits per heavy atom. The minimum Gasteiger partial charge on any atom is -0.476 e. The van der Waals surface area contributed by atoms with Crippen LogP contribution in [0, 0.1) is 23.2 Å². The first-order chi connectivity index (χ1) is 31.6. The number of rotatable bonds is 18. The van der Waals surface area contributed by atoms with Crippen LogP contribution in [0.1, 0.15) is 96.5 Å². The highest BCUT2D eigenvalue weighted by Crippen LogP contribution is 2.72. The van der Waals surface area contributed by atoms with E-state index in [4.69, 9.17) is 14.8 Å². The van der Waals surface area contributed by atoms with Crippen LogP contribution in [-0.4, -0.2) is 115 Å². The molecule has 16 nitrogen and oxygen atoms in total. The molecule has 10 rings (SSSR count). The van der Waals surface area contributed by atoms with Crippen molar-refractivity contribution in [3.63, 3.8) is 0 Å². The summed E-state index contributed by atoms with van der Waals surface area (Å²) in [5.74, 6) is -1.22. The SMILES string of the molecule is Cc1c(-c2ccc(N3CCc4cccc(C(=O)Nc5nc6ccccc6s5)c4C3)nc2C(=O)O)cnn1CC12CC3(C)CC(C)(C1)CC(OCCNCCC(=O)NC(CO)(CO)CO)(C3)C2. The number of anilines is 2. The average Bonchev–Trinajstić information content (AvgIpc) is 3.86. The van der Waals surface area contributed by atoms with Gasteiger partial charge in [0, 0.05) is 61.5 Å². The van der Waals surface area contributed by atoms with Crippen molar-refractivity contribution >= 4 is 50.3 Å². The molecule has 4 aliphatic carbocycles. The minimum atomic E-state index is -1.45. The normalized spacial score (nSPS) is 24.4. The second-order valence-corrected chi connectivity index (χ2v) is 21.3. The lowest BCUT2D eigenvalue weighted by Crippen LogP contribution is -2.64. The first-order valence-corrected chi connectivity index (χ1v) is 23.7. The Morgan fingerprint density at radius 3 is 2.36 bits per heavy atom. The molecule has 5 aromatic rings. The van der Waals surface area contributed by atoms with Gasteiger partial charge in [-0.25, -0.2) is 14.8 Å². The summed E-state index contributed by atoms with van der Waals surface area (Å²) in [5.41, 5.74) is 3.80. The monoisotopic (exact) mass is 920 g/mol. The molecule has 4 fully saturated rings. The van der Waals surface area contributed by atoms with E-state index in [0.29, 0.717) is 67.8 Å². The number of carboxylic acids is 1. The zero-order valence-electron chi connectivity index (χ0n) is 37.9. The van der Waals surface area contributed by atoms with E-state index in [9.17, 15) is 34.8 Å². The van der Waals surface area contributed by atoms with Crippen molar-refractivity contribution in [1.82, 2.24) is 30.4 Å². The van der Waals surface area contributed by atoms with E-state index >= 15 is 0 Å². The third-order valence-electron chi connectivity index (χ3n) is 14.5. The number of aliphatic hydroxyl groups excluding tert-OH is 3. The number of carbonyl (C=O) groups is 3. The molecule has 2 amide bonds. The zero-order chi connectivity index (χ0) is 46.5. The number of thiazole rings is 1. The van der Waals surface area contributed by atoms with Gasteiger partial charge in [0.05, 0.1) is 48.4 Å². The topological polar surface area (TPSA) is 224 Å². The second-order valence-electron chi connectivity index (χ2n) is 20.2. The molecular formula is C49H60N8O8S.